The zero-order chi connectivity index (χ0) is 36.4. The summed E-state index contributed by atoms with van der Waals surface area (Å²) in [4.78, 5) is 0. The summed E-state index contributed by atoms with van der Waals surface area (Å²) in [6.07, 6.45) is -21.2. The van der Waals surface area contributed by atoms with Crippen LogP contribution in [0.4, 0.5) is 92.2 Å². The Balaban J connectivity index is 3.83. The molecular weight excluding hydrogens is 762 g/mol. The highest BCUT2D eigenvalue weighted by Crippen LogP contribution is 2.77. The maximum absolute atomic E-state index is 13.9. The lowest BCUT2D eigenvalue weighted by molar-refractivity contribution is -0.359. The fraction of sp³-hybridized carbons (Fsp3) is 1.00. The van der Waals surface area contributed by atoms with Gasteiger partial charge in [-0.2, -0.15) is 101 Å². The summed E-state index contributed by atoms with van der Waals surface area (Å²) in [6.45, 7) is -8.43. The standard InChI is InChI=1S/C15H15F21N3O3P3/c1-43(2)37-44(3,40-4-7(16,17)10(22,23)13(28,29)30)39-45(38-43,41-5-8(18,19)11(24,25)14(31,32)33)42-6-9(20,21)12(26,27)15(34,35)36/h4-6H2,1-3H3. The summed E-state index contributed by atoms with van der Waals surface area (Å²) < 4.78 is 297. The minimum absolute atomic E-state index is 0.206. The third-order valence-corrected chi connectivity index (χ3v) is 14.3. The quantitative estimate of drug-likeness (QED) is 0.146. The molecule has 0 saturated heterocycles. The highest BCUT2D eigenvalue weighted by atomic mass is 31.3. The smallest absolute Gasteiger partial charge is 0.321 e. The van der Waals surface area contributed by atoms with Gasteiger partial charge < -0.3 is 4.52 Å². The fourth-order valence-electron chi connectivity index (χ4n) is 2.57. The molecule has 1 unspecified atom stereocenters. The van der Waals surface area contributed by atoms with E-state index in [-0.39, 0.29) is 6.66 Å². The van der Waals surface area contributed by atoms with Crippen LogP contribution in [0.5, 0.6) is 0 Å². The summed E-state index contributed by atoms with van der Waals surface area (Å²) in [5.41, 5.74) is 0. The third-order valence-electron chi connectivity index (χ3n) is 4.76. The predicted molar refractivity (Wildman–Crippen MR) is 112 cm³/mol. The van der Waals surface area contributed by atoms with Gasteiger partial charge in [-0.25, -0.2) is 4.52 Å². The van der Waals surface area contributed by atoms with Gasteiger partial charge in [0, 0.05) is 6.66 Å². The highest BCUT2D eigenvalue weighted by Gasteiger charge is 2.75. The molecule has 30 heteroatoms. The zero-order valence-electron chi connectivity index (χ0n) is 21.5. The average molecular weight is 777 g/mol. The van der Waals surface area contributed by atoms with Crippen LogP contribution >= 0.6 is 22.3 Å². The van der Waals surface area contributed by atoms with Gasteiger partial charge in [-0.1, -0.05) is 0 Å². The lowest BCUT2D eigenvalue weighted by Gasteiger charge is -2.35. The lowest BCUT2D eigenvalue weighted by Crippen LogP contribution is -2.54. The van der Waals surface area contributed by atoms with Crippen molar-refractivity contribution < 1.29 is 106 Å². The van der Waals surface area contributed by atoms with Gasteiger partial charge in [0.25, 0.3) is 0 Å². The molecule has 1 atom stereocenters. The van der Waals surface area contributed by atoms with Crippen molar-refractivity contribution >= 4 is 22.3 Å². The second kappa shape index (κ2) is 11.9. The van der Waals surface area contributed by atoms with Crippen LogP contribution in [0.2, 0.25) is 0 Å². The van der Waals surface area contributed by atoms with Gasteiger partial charge in [0.2, 0.25) is 7.43 Å². The molecule has 1 aliphatic heterocycles. The first-order valence-electron chi connectivity index (χ1n) is 10.5. The van der Waals surface area contributed by atoms with Gasteiger partial charge >= 0.3 is 61.7 Å². The van der Waals surface area contributed by atoms with E-state index in [2.05, 4.69) is 27.1 Å². The van der Waals surface area contributed by atoms with Crippen molar-refractivity contribution in [2.24, 2.45) is 13.5 Å². The van der Waals surface area contributed by atoms with Crippen molar-refractivity contribution in [1.29, 1.82) is 0 Å². The van der Waals surface area contributed by atoms with Crippen molar-refractivity contribution in [2.45, 2.75) is 54.1 Å². The van der Waals surface area contributed by atoms with Gasteiger partial charge in [-0.05, 0) is 13.3 Å². The topological polar surface area (TPSA) is 64.8 Å². The van der Waals surface area contributed by atoms with Crippen molar-refractivity contribution in [1.82, 2.24) is 0 Å². The molecule has 270 valence electrons. The normalized spacial score (nSPS) is 22.4. The first kappa shape index (κ1) is 42.1. The van der Waals surface area contributed by atoms with Gasteiger partial charge in [-0.3, -0.25) is 9.05 Å². The van der Waals surface area contributed by atoms with E-state index < -0.39 is 96.2 Å². The van der Waals surface area contributed by atoms with E-state index in [1.54, 1.807) is 0 Å². The molecule has 0 aliphatic carbocycles. The summed E-state index contributed by atoms with van der Waals surface area (Å²) in [7, 11) is -15.4. The molecule has 1 rings (SSSR count). The second-order valence-electron chi connectivity index (χ2n) is 9.08. The molecule has 1 heterocycles. The largest absolute Gasteiger partial charge is 0.459 e. The van der Waals surface area contributed by atoms with Gasteiger partial charge in [0.15, 0.2) is 0 Å². The SMILES string of the molecule is CP1(C)=NP(C)(OCC(F)(F)C(F)(F)C(F)(F)F)=NP(OCC(F)(F)C(F)(F)C(F)(F)F)(OCC(F)(F)C(F)(F)C(F)(F)F)=N1. The van der Waals surface area contributed by atoms with E-state index in [4.69, 9.17) is 0 Å². The van der Waals surface area contributed by atoms with Crippen LogP contribution in [0, 0.1) is 0 Å². The van der Waals surface area contributed by atoms with Crippen molar-refractivity contribution in [3.63, 3.8) is 0 Å². The molecule has 0 bridgehead atoms. The van der Waals surface area contributed by atoms with Gasteiger partial charge in [0.1, 0.15) is 19.8 Å². The number of rotatable bonds is 12. The number of alkyl halides is 21. The zero-order valence-corrected chi connectivity index (χ0v) is 24.1. The third kappa shape index (κ3) is 8.58. The molecule has 0 radical (unpaired) electrons. The molecule has 0 saturated carbocycles. The van der Waals surface area contributed by atoms with Crippen molar-refractivity contribution in [3.8, 4) is 0 Å². The fourth-order valence-corrected chi connectivity index (χ4v) is 13.5. The van der Waals surface area contributed by atoms with Crippen LogP contribution in [0.15, 0.2) is 13.5 Å². The number of hydrogen-bond donors (Lipinski definition) is 0. The van der Waals surface area contributed by atoms with Crippen molar-refractivity contribution in [3.05, 3.63) is 0 Å². The van der Waals surface area contributed by atoms with E-state index >= 15 is 0 Å². The Morgan fingerprint density at radius 2 is 0.667 bits per heavy atom. The first-order chi connectivity index (χ1) is 19.2. The first-order valence-corrected chi connectivity index (χ1v) is 16.7. The van der Waals surface area contributed by atoms with Gasteiger partial charge in [-0.15, -0.1) is 0 Å². The Hall–Kier alpha value is -0.900. The molecule has 0 aromatic rings. The van der Waals surface area contributed by atoms with E-state index in [0.717, 1.165) is 0 Å². The average Bonchev–Trinajstić information content (AvgIpc) is 2.77. The molecule has 0 fully saturated rings. The predicted octanol–water partition coefficient (Wildman–Crippen LogP) is 10.5. The van der Waals surface area contributed by atoms with Crippen molar-refractivity contribution in [2.75, 3.05) is 39.8 Å². The molecule has 0 amide bonds. The molecule has 0 aromatic heterocycles. The Kier molecular flexibility index (Phi) is 11.1. The molecular formula is C15H15F21N3O3P3. The van der Waals surface area contributed by atoms with Crippen LogP contribution in [-0.2, 0) is 13.6 Å². The van der Waals surface area contributed by atoms with Crippen LogP contribution in [0.25, 0.3) is 0 Å². The Labute approximate surface area is 236 Å². The van der Waals surface area contributed by atoms with E-state index in [1.807, 2.05) is 0 Å². The van der Waals surface area contributed by atoms with Crippen LogP contribution < -0.4 is 0 Å². The summed E-state index contributed by atoms with van der Waals surface area (Å²) in [5, 5.41) is 0. The molecule has 0 aromatic carbocycles. The van der Waals surface area contributed by atoms with Crippen LogP contribution in [0.1, 0.15) is 0 Å². The monoisotopic (exact) mass is 777 g/mol. The maximum Gasteiger partial charge on any atom is 0.459 e. The minimum atomic E-state index is -7.10. The van der Waals surface area contributed by atoms with E-state index in [9.17, 15) is 92.2 Å². The Morgan fingerprint density at radius 1 is 0.400 bits per heavy atom. The molecule has 0 N–H and O–H groups in total. The molecule has 6 nitrogen and oxygen atoms in total. The Bertz CT molecular complexity index is 1220. The number of hydrogen-bond acceptors (Lipinski definition) is 6. The highest BCUT2D eigenvalue weighted by molar-refractivity contribution is 7.82. The summed E-state index contributed by atoms with van der Waals surface area (Å²) in [6, 6.07) is 0. The number of nitrogens with zero attached hydrogens (tertiary/aromatic N) is 3. The Morgan fingerprint density at radius 3 is 0.933 bits per heavy atom. The van der Waals surface area contributed by atoms with Crippen LogP contribution in [0.3, 0.4) is 0 Å². The lowest BCUT2D eigenvalue weighted by atomic mass is 10.2. The molecule has 0 spiro atoms. The second-order valence-corrected chi connectivity index (χ2v) is 17.3. The van der Waals surface area contributed by atoms with E-state index in [0.29, 0.717) is 13.3 Å². The van der Waals surface area contributed by atoms with Gasteiger partial charge in [0.05, 0.1) is 7.21 Å². The molecule has 1 aliphatic rings. The molecule has 45 heavy (non-hydrogen) atoms. The maximum atomic E-state index is 13.9. The van der Waals surface area contributed by atoms with E-state index in [1.165, 1.54) is 0 Å². The summed E-state index contributed by atoms with van der Waals surface area (Å²) in [5.74, 6) is -40.3. The minimum Gasteiger partial charge on any atom is -0.321 e. The summed E-state index contributed by atoms with van der Waals surface area (Å²) >= 11 is 0. The van der Waals surface area contributed by atoms with Crippen LogP contribution in [-0.4, -0.2) is 93.9 Å². The number of halogens is 21.